The fourth-order valence-corrected chi connectivity index (χ4v) is 3.52. The van der Waals surface area contributed by atoms with E-state index in [0.717, 1.165) is 35.8 Å². The van der Waals surface area contributed by atoms with Crippen LogP contribution in [0.1, 0.15) is 22.4 Å². The smallest absolute Gasteiger partial charge is 0.353 e. The van der Waals surface area contributed by atoms with E-state index in [2.05, 4.69) is 38.3 Å². The van der Waals surface area contributed by atoms with Crippen LogP contribution in [0.3, 0.4) is 0 Å². The molecule has 3 aromatic rings. The zero-order valence-electron chi connectivity index (χ0n) is 16.6. The number of hydrogen-bond acceptors (Lipinski definition) is 5. The molecule has 0 N–H and O–H groups in total. The fourth-order valence-electron chi connectivity index (χ4n) is 3.52. The molecule has 5 nitrogen and oxygen atoms in total. The standard InChI is InChI=1S/C22H22F3N5/c1-16-13-21(28-27-19(16)14-17-5-3-2-4-6-17)30-11-9-29(10-12-30)20-8-7-18(15-26-20)22(23,24)25/h2-8,13,15H,9-12,14H2,1H3. The van der Waals surface area contributed by atoms with E-state index in [1.165, 1.54) is 11.6 Å². The second-order valence-corrected chi connectivity index (χ2v) is 7.37. The van der Waals surface area contributed by atoms with Gasteiger partial charge in [-0.05, 0) is 36.2 Å². The van der Waals surface area contributed by atoms with Crippen molar-refractivity contribution in [3.63, 3.8) is 0 Å². The lowest BCUT2D eigenvalue weighted by Crippen LogP contribution is -2.47. The first-order valence-corrected chi connectivity index (χ1v) is 9.80. The normalized spacial score (nSPS) is 14.8. The first kappa shape index (κ1) is 20.1. The highest BCUT2D eigenvalue weighted by atomic mass is 19.4. The van der Waals surface area contributed by atoms with Crippen LogP contribution in [-0.4, -0.2) is 41.4 Å². The van der Waals surface area contributed by atoms with Gasteiger partial charge in [0.1, 0.15) is 5.82 Å². The minimum atomic E-state index is -4.37. The zero-order valence-corrected chi connectivity index (χ0v) is 16.6. The van der Waals surface area contributed by atoms with Gasteiger partial charge in [0.2, 0.25) is 0 Å². The summed E-state index contributed by atoms with van der Waals surface area (Å²) < 4.78 is 38.1. The highest BCUT2D eigenvalue weighted by Gasteiger charge is 2.31. The summed E-state index contributed by atoms with van der Waals surface area (Å²) in [4.78, 5) is 8.12. The van der Waals surface area contributed by atoms with Crippen LogP contribution in [0.4, 0.5) is 24.8 Å². The molecule has 156 valence electrons. The number of pyridine rings is 1. The van der Waals surface area contributed by atoms with Gasteiger partial charge in [-0.2, -0.15) is 18.3 Å². The van der Waals surface area contributed by atoms with Crippen molar-refractivity contribution in [2.45, 2.75) is 19.5 Å². The molecule has 8 heteroatoms. The molecule has 0 atom stereocenters. The van der Waals surface area contributed by atoms with E-state index in [-0.39, 0.29) is 0 Å². The summed E-state index contributed by atoms with van der Waals surface area (Å²) in [5.74, 6) is 1.38. The molecule has 4 rings (SSSR count). The van der Waals surface area contributed by atoms with E-state index in [9.17, 15) is 13.2 Å². The molecular formula is C22H22F3N5. The van der Waals surface area contributed by atoms with E-state index in [4.69, 9.17) is 0 Å². The van der Waals surface area contributed by atoms with Crippen LogP contribution in [0.25, 0.3) is 0 Å². The summed E-state index contributed by atoms with van der Waals surface area (Å²) in [6.45, 7) is 4.76. The Morgan fingerprint density at radius 3 is 2.10 bits per heavy atom. The molecule has 0 spiro atoms. The molecule has 0 amide bonds. The van der Waals surface area contributed by atoms with Gasteiger partial charge in [-0.3, -0.25) is 0 Å². The second kappa shape index (κ2) is 8.30. The maximum absolute atomic E-state index is 12.7. The molecule has 0 saturated carbocycles. The van der Waals surface area contributed by atoms with Gasteiger partial charge in [-0.1, -0.05) is 30.3 Å². The van der Waals surface area contributed by atoms with Crippen molar-refractivity contribution >= 4 is 11.6 Å². The highest BCUT2D eigenvalue weighted by molar-refractivity contribution is 5.46. The van der Waals surface area contributed by atoms with Crippen LogP contribution in [0.5, 0.6) is 0 Å². The molecule has 0 bridgehead atoms. The lowest BCUT2D eigenvalue weighted by atomic mass is 10.1. The summed E-state index contributed by atoms with van der Waals surface area (Å²) in [6.07, 6.45) is -2.73. The van der Waals surface area contributed by atoms with Crippen LogP contribution in [0, 0.1) is 6.92 Å². The number of hydrogen-bond donors (Lipinski definition) is 0. The number of anilines is 2. The summed E-state index contributed by atoms with van der Waals surface area (Å²) in [6, 6.07) is 14.7. The number of nitrogens with zero attached hydrogens (tertiary/aromatic N) is 5. The summed E-state index contributed by atoms with van der Waals surface area (Å²) >= 11 is 0. The molecule has 1 aliphatic heterocycles. The maximum Gasteiger partial charge on any atom is 0.417 e. The molecular weight excluding hydrogens is 391 g/mol. The van der Waals surface area contributed by atoms with Crippen LogP contribution in [0.15, 0.2) is 54.7 Å². The van der Waals surface area contributed by atoms with Crippen LogP contribution in [0.2, 0.25) is 0 Å². The van der Waals surface area contributed by atoms with E-state index in [1.807, 2.05) is 30.0 Å². The first-order valence-electron chi connectivity index (χ1n) is 9.80. The van der Waals surface area contributed by atoms with Gasteiger partial charge in [-0.25, -0.2) is 4.98 Å². The molecule has 1 saturated heterocycles. The quantitative estimate of drug-likeness (QED) is 0.644. The Hall–Kier alpha value is -3.16. The minimum Gasteiger partial charge on any atom is -0.353 e. The van der Waals surface area contributed by atoms with Crippen LogP contribution in [-0.2, 0) is 12.6 Å². The van der Waals surface area contributed by atoms with E-state index in [0.29, 0.717) is 32.0 Å². The molecule has 0 aliphatic carbocycles. The van der Waals surface area contributed by atoms with Crippen molar-refractivity contribution in [3.8, 4) is 0 Å². The number of alkyl halides is 3. The molecule has 0 unspecified atom stereocenters. The van der Waals surface area contributed by atoms with Gasteiger partial charge in [0.25, 0.3) is 0 Å². The second-order valence-electron chi connectivity index (χ2n) is 7.37. The van der Waals surface area contributed by atoms with Crippen LogP contribution < -0.4 is 9.80 Å². The fraction of sp³-hybridized carbons (Fsp3) is 0.318. The molecule has 1 fully saturated rings. The van der Waals surface area contributed by atoms with Crippen molar-refractivity contribution in [1.29, 1.82) is 0 Å². The monoisotopic (exact) mass is 413 g/mol. The van der Waals surface area contributed by atoms with Crippen LogP contribution >= 0.6 is 0 Å². The molecule has 1 aromatic carbocycles. The van der Waals surface area contributed by atoms with Gasteiger partial charge in [0.05, 0.1) is 11.3 Å². The average molecular weight is 413 g/mol. The Kier molecular flexibility index (Phi) is 5.57. The molecule has 1 aliphatic rings. The molecule has 2 aromatic heterocycles. The molecule has 30 heavy (non-hydrogen) atoms. The molecule has 3 heterocycles. The van der Waals surface area contributed by atoms with Crippen molar-refractivity contribution in [1.82, 2.24) is 15.2 Å². The van der Waals surface area contributed by atoms with E-state index < -0.39 is 11.7 Å². The lowest BCUT2D eigenvalue weighted by molar-refractivity contribution is -0.137. The number of piperazine rings is 1. The van der Waals surface area contributed by atoms with E-state index >= 15 is 0 Å². The van der Waals surface area contributed by atoms with Gasteiger partial charge < -0.3 is 9.80 Å². The predicted molar refractivity (Wildman–Crippen MR) is 110 cm³/mol. The Labute approximate surface area is 173 Å². The zero-order chi connectivity index (χ0) is 21.1. The van der Waals surface area contributed by atoms with Crippen molar-refractivity contribution < 1.29 is 13.2 Å². The third-order valence-corrected chi connectivity index (χ3v) is 5.29. The average Bonchev–Trinajstić information content (AvgIpc) is 2.75. The number of aromatic nitrogens is 3. The number of aryl methyl sites for hydroxylation is 1. The van der Waals surface area contributed by atoms with Crippen molar-refractivity contribution in [2.75, 3.05) is 36.0 Å². The number of halogens is 3. The van der Waals surface area contributed by atoms with Gasteiger partial charge in [0.15, 0.2) is 5.82 Å². The SMILES string of the molecule is Cc1cc(N2CCN(c3ccc(C(F)(F)F)cn3)CC2)nnc1Cc1ccccc1. The molecule has 0 radical (unpaired) electrons. The third kappa shape index (κ3) is 4.53. The summed E-state index contributed by atoms with van der Waals surface area (Å²) in [5.41, 5.74) is 2.51. The van der Waals surface area contributed by atoms with Gasteiger partial charge >= 0.3 is 6.18 Å². The van der Waals surface area contributed by atoms with Gasteiger partial charge in [-0.15, -0.1) is 5.10 Å². The highest BCUT2D eigenvalue weighted by Crippen LogP contribution is 2.29. The summed E-state index contributed by atoms with van der Waals surface area (Å²) in [5, 5.41) is 8.85. The third-order valence-electron chi connectivity index (χ3n) is 5.29. The minimum absolute atomic E-state index is 0.558. The number of benzene rings is 1. The summed E-state index contributed by atoms with van der Waals surface area (Å²) in [7, 11) is 0. The predicted octanol–water partition coefficient (Wildman–Crippen LogP) is 4.12. The number of rotatable bonds is 4. The van der Waals surface area contributed by atoms with Crippen molar-refractivity contribution in [2.24, 2.45) is 0 Å². The Morgan fingerprint density at radius 1 is 0.867 bits per heavy atom. The Bertz CT molecular complexity index is 982. The van der Waals surface area contributed by atoms with E-state index in [1.54, 1.807) is 0 Å². The lowest BCUT2D eigenvalue weighted by Gasteiger charge is -2.36. The van der Waals surface area contributed by atoms with Gasteiger partial charge in [0, 0.05) is 38.8 Å². The largest absolute Gasteiger partial charge is 0.417 e. The maximum atomic E-state index is 12.7. The van der Waals surface area contributed by atoms with Crippen molar-refractivity contribution in [3.05, 3.63) is 77.1 Å². The Morgan fingerprint density at radius 2 is 1.53 bits per heavy atom. The Balaban J connectivity index is 1.38. The topological polar surface area (TPSA) is 45.2 Å². The first-order chi connectivity index (χ1) is 14.4.